The molecule has 0 spiro atoms. The van der Waals surface area contributed by atoms with Crippen LogP contribution in [0.1, 0.15) is 90.5 Å². The molecule has 0 bridgehead atoms. The molecule has 2 fully saturated rings. The number of ether oxygens (including phenoxy) is 5. The van der Waals surface area contributed by atoms with Gasteiger partial charge in [-0.05, 0) is 26.3 Å². The minimum absolute atomic E-state index is 0.0577. The molecular formula is C30H46F3NO7. The van der Waals surface area contributed by atoms with Gasteiger partial charge >= 0.3 is 6.36 Å². The van der Waals surface area contributed by atoms with Gasteiger partial charge in [0, 0.05) is 18.7 Å². The van der Waals surface area contributed by atoms with Crippen LogP contribution >= 0.6 is 0 Å². The van der Waals surface area contributed by atoms with Crippen molar-refractivity contribution in [3.05, 3.63) is 29.8 Å². The SMILES string of the molecule is CCCCCCCCCCCCOC[C@@]12O[C@@H](CNC(=O)Cc3ccccc3OC(F)(F)F)[C@@H](O)[C@@H]1OC(C)(C)O2. The average molecular weight is 590 g/mol. The molecule has 0 aromatic heterocycles. The summed E-state index contributed by atoms with van der Waals surface area (Å²) in [5.41, 5.74) is 0.0809. The number of hydrogen-bond acceptors (Lipinski definition) is 7. The molecule has 11 heteroatoms. The first-order chi connectivity index (χ1) is 19.4. The van der Waals surface area contributed by atoms with Crippen LogP contribution in [0.4, 0.5) is 13.2 Å². The summed E-state index contributed by atoms with van der Waals surface area (Å²) in [6.45, 7) is 6.16. The molecule has 2 heterocycles. The highest BCUT2D eigenvalue weighted by atomic mass is 19.4. The van der Waals surface area contributed by atoms with Gasteiger partial charge in [-0.15, -0.1) is 13.2 Å². The van der Waals surface area contributed by atoms with E-state index in [-0.39, 0.29) is 25.1 Å². The van der Waals surface area contributed by atoms with Crippen molar-refractivity contribution in [3.8, 4) is 5.75 Å². The number of halogens is 3. The van der Waals surface area contributed by atoms with Crippen LogP contribution in [-0.2, 0) is 30.2 Å². The Labute approximate surface area is 241 Å². The van der Waals surface area contributed by atoms with Gasteiger partial charge in [0.1, 0.15) is 30.7 Å². The van der Waals surface area contributed by atoms with Gasteiger partial charge in [0.15, 0.2) is 5.79 Å². The number of nitrogens with one attached hydrogen (secondary N) is 1. The third-order valence-electron chi connectivity index (χ3n) is 7.30. The van der Waals surface area contributed by atoms with E-state index in [1.54, 1.807) is 13.8 Å². The maximum Gasteiger partial charge on any atom is 0.573 e. The lowest BCUT2D eigenvalue weighted by Crippen LogP contribution is -2.45. The fraction of sp³-hybridized carbons (Fsp3) is 0.767. The highest BCUT2D eigenvalue weighted by Crippen LogP contribution is 2.45. The molecule has 0 radical (unpaired) electrons. The standard InChI is InChI=1S/C30H46F3NO7/c1-4-5-6-7-8-9-10-11-12-15-18-37-21-29-27(40-28(2,3)41-29)26(36)24(38-29)20-34-25(35)19-22-16-13-14-17-23(22)39-30(31,32)33/h13-14,16-17,24,26-27,36H,4-12,15,18-21H2,1-3H3,(H,34,35)/t24-,26+,27-,29-/m0/s1. The fourth-order valence-corrected chi connectivity index (χ4v) is 5.37. The summed E-state index contributed by atoms with van der Waals surface area (Å²) < 4.78 is 66.1. The van der Waals surface area contributed by atoms with Crippen molar-refractivity contribution < 1.29 is 46.8 Å². The monoisotopic (exact) mass is 589 g/mol. The van der Waals surface area contributed by atoms with Crippen molar-refractivity contribution in [3.63, 3.8) is 0 Å². The Hall–Kier alpha value is -1.92. The number of para-hydroxylation sites is 1. The molecule has 0 saturated carbocycles. The molecule has 2 aliphatic rings. The summed E-state index contributed by atoms with van der Waals surface area (Å²) in [6, 6.07) is 5.45. The smallest absolute Gasteiger partial charge is 0.405 e. The predicted octanol–water partition coefficient (Wildman–Crippen LogP) is 5.79. The molecule has 2 saturated heterocycles. The number of amides is 1. The molecule has 3 rings (SSSR count). The van der Waals surface area contributed by atoms with Crippen LogP contribution in [0.5, 0.6) is 5.75 Å². The van der Waals surface area contributed by atoms with Crippen molar-refractivity contribution in [1.82, 2.24) is 5.32 Å². The molecule has 2 N–H and O–H groups in total. The third kappa shape index (κ3) is 10.7. The average Bonchev–Trinajstić information content (AvgIpc) is 3.30. The van der Waals surface area contributed by atoms with Crippen LogP contribution in [0.15, 0.2) is 24.3 Å². The van der Waals surface area contributed by atoms with E-state index in [2.05, 4.69) is 17.0 Å². The molecule has 0 aliphatic carbocycles. The van der Waals surface area contributed by atoms with E-state index in [4.69, 9.17) is 18.9 Å². The van der Waals surface area contributed by atoms with Gasteiger partial charge in [0.05, 0.1) is 6.42 Å². The number of alkyl halides is 3. The van der Waals surface area contributed by atoms with Crippen molar-refractivity contribution in [2.75, 3.05) is 19.8 Å². The summed E-state index contributed by atoms with van der Waals surface area (Å²) in [6.07, 6.45) is 4.17. The molecule has 41 heavy (non-hydrogen) atoms. The summed E-state index contributed by atoms with van der Waals surface area (Å²) in [4.78, 5) is 12.5. The van der Waals surface area contributed by atoms with E-state index >= 15 is 0 Å². The first-order valence-electron chi connectivity index (χ1n) is 14.9. The topological polar surface area (TPSA) is 95.5 Å². The van der Waals surface area contributed by atoms with Gasteiger partial charge in [0.25, 0.3) is 0 Å². The predicted molar refractivity (Wildman–Crippen MR) is 146 cm³/mol. The normalized spacial score (nSPS) is 25.3. The number of unbranched alkanes of at least 4 members (excludes halogenated alkanes) is 9. The maximum atomic E-state index is 12.7. The van der Waals surface area contributed by atoms with Gasteiger partial charge in [-0.2, -0.15) is 0 Å². The van der Waals surface area contributed by atoms with E-state index < -0.39 is 47.9 Å². The minimum Gasteiger partial charge on any atom is -0.405 e. The second kappa shape index (κ2) is 15.5. The lowest BCUT2D eigenvalue weighted by atomic mass is 10.1. The zero-order valence-electron chi connectivity index (χ0n) is 24.5. The molecule has 1 aromatic carbocycles. The van der Waals surface area contributed by atoms with Gasteiger partial charge < -0.3 is 34.1 Å². The lowest BCUT2D eigenvalue weighted by molar-refractivity contribution is -0.277. The minimum atomic E-state index is -4.87. The summed E-state index contributed by atoms with van der Waals surface area (Å²) in [5.74, 6) is -3.32. The van der Waals surface area contributed by atoms with Crippen molar-refractivity contribution in [2.45, 2.75) is 128 Å². The van der Waals surface area contributed by atoms with E-state index in [1.807, 2.05) is 0 Å². The zero-order chi connectivity index (χ0) is 29.9. The summed E-state index contributed by atoms with van der Waals surface area (Å²) >= 11 is 0. The molecule has 8 nitrogen and oxygen atoms in total. The van der Waals surface area contributed by atoms with E-state index in [0.717, 1.165) is 18.9 Å². The summed E-state index contributed by atoms with van der Waals surface area (Å²) in [7, 11) is 0. The second-order valence-corrected chi connectivity index (χ2v) is 11.4. The van der Waals surface area contributed by atoms with Crippen LogP contribution in [0.25, 0.3) is 0 Å². The summed E-state index contributed by atoms with van der Waals surface area (Å²) in [5, 5.41) is 13.6. The van der Waals surface area contributed by atoms with Crippen molar-refractivity contribution >= 4 is 5.91 Å². The van der Waals surface area contributed by atoms with Crippen molar-refractivity contribution in [2.24, 2.45) is 0 Å². The Bertz CT molecular complexity index is 945. The molecule has 0 unspecified atom stereocenters. The highest BCUT2D eigenvalue weighted by Gasteiger charge is 2.64. The lowest BCUT2D eigenvalue weighted by Gasteiger charge is -2.28. The van der Waals surface area contributed by atoms with Crippen molar-refractivity contribution in [1.29, 1.82) is 0 Å². The van der Waals surface area contributed by atoms with Gasteiger partial charge in [-0.1, -0.05) is 82.9 Å². The number of fused-ring (bicyclic) bond motifs is 1. The molecule has 1 amide bonds. The van der Waals surface area contributed by atoms with Crippen LogP contribution in [0, 0.1) is 0 Å². The van der Waals surface area contributed by atoms with Crippen LogP contribution in [-0.4, -0.2) is 67.0 Å². The first kappa shape index (κ1) is 33.6. The molecule has 4 atom stereocenters. The zero-order valence-corrected chi connectivity index (χ0v) is 24.5. The number of rotatable bonds is 18. The molecular weight excluding hydrogens is 543 g/mol. The van der Waals surface area contributed by atoms with E-state index in [9.17, 15) is 23.1 Å². The van der Waals surface area contributed by atoms with Gasteiger partial charge in [0.2, 0.25) is 11.7 Å². The Balaban J connectivity index is 1.42. The van der Waals surface area contributed by atoms with Crippen LogP contribution < -0.4 is 10.1 Å². The first-order valence-corrected chi connectivity index (χ1v) is 14.9. The number of aliphatic hydroxyl groups excluding tert-OH is 1. The molecule has 234 valence electrons. The molecule has 2 aliphatic heterocycles. The fourth-order valence-electron chi connectivity index (χ4n) is 5.37. The van der Waals surface area contributed by atoms with E-state index in [0.29, 0.717) is 6.61 Å². The highest BCUT2D eigenvalue weighted by molar-refractivity contribution is 5.79. The largest absolute Gasteiger partial charge is 0.573 e. The Morgan fingerprint density at radius 1 is 1.00 bits per heavy atom. The Morgan fingerprint density at radius 3 is 2.29 bits per heavy atom. The quantitative estimate of drug-likeness (QED) is 0.209. The number of carbonyl (C=O) groups is 1. The number of hydrogen-bond donors (Lipinski definition) is 2. The number of carbonyl (C=O) groups excluding carboxylic acids is 1. The van der Waals surface area contributed by atoms with Crippen LogP contribution in [0.3, 0.4) is 0 Å². The van der Waals surface area contributed by atoms with Gasteiger partial charge in [-0.25, -0.2) is 0 Å². The maximum absolute atomic E-state index is 12.7. The number of benzene rings is 1. The Morgan fingerprint density at radius 2 is 1.63 bits per heavy atom. The van der Waals surface area contributed by atoms with E-state index in [1.165, 1.54) is 69.6 Å². The van der Waals surface area contributed by atoms with Gasteiger partial charge in [-0.3, -0.25) is 4.79 Å². The second-order valence-electron chi connectivity index (χ2n) is 11.4. The Kier molecular flexibility index (Phi) is 12.7. The number of aliphatic hydroxyl groups is 1. The molecule has 1 aromatic rings. The third-order valence-corrected chi connectivity index (χ3v) is 7.30. The van der Waals surface area contributed by atoms with Crippen LogP contribution in [0.2, 0.25) is 0 Å².